The van der Waals surface area contributed by atoms with Crippen LogP contribution in [0.15, 0.2) is 42.5 Å². The summed E-state index contributed by atoms with van der Waals surface area (Å²) in [6.45, 7) is 2.01. The molecule has 0 radical (unpaired) electrons. The summed E-state index contributed by atoms with van der Waals surface area (Å²) in [7, 11) is 3.26. The zero-order valence-electron chi connectivity index (χ0n) is 15.1. The smallest absolute Gasteiger partial charge is 0.216 e. The summed E-state index contributed by atoms with van der Waals surface area (Å²) in [6.07, 6.45) is 0.600. The number of nitrogens with one attached hydrogen (secondary N) is 1. The first-order valence-corrected chi connectivity index (χ1v) is 8.34. The Morgan fingerprint density at radius 3 is 2.54 bits per heavy atom. The maximum atomic E-state index is 11.2. The van der Waals surface area contributed by atoms with Gasteiger partial charge in [-0.15, -0.1) is 0 Å². The number of fused-ring (bicyclic) bond motifs is 1. The highest BCUT2D eigenvalue weighted by Gasteiger charge is 2.11. The SMILES string of the molecule is COc1cccc(-c2nc(CCNC(C)=O)c3cc(OC)ccc3n2)c1. The van der Waals surface area contributed by atoms with Crippen molar-refractivity contribution in [2.45, 2.75) is 13.3 Å². The maximum absolute atomic E-state index is 11.2. The van der Waals surface area contributed by atoms with Gasteiger partial charge in [-0.05, 0) is 30.3 Å². The molecule has 3 aromatic rings. The van der Waals surface area contributed by atoms with Crippen LogP contribution in [0, 0.1) is 0 Å². The third-order valence-electron chi connectivity index (χ3n) is 4.05. The third-order valence-corrected chi connectivity index (χ3v) is 4.05. The Balaban J connectivity index is 2.08. The number of carbonyl (C=O) groups is 1. The molecule has 0 atom stereocenters. The van der Waals surface area contributed by atoms with E-state index in [1.807, 2.05) is 42.5 Å². The zero-order valence-corrected chi connectivity index (χ0v) is 15.1. The lowest BCUT2D eigenvalue weighted by Gasteiger charge is -2.11. The van der Waals surface area contributed by atoms with Crippen molar-refractivity contribution in [1.29, 1.82) is 0 Å². The van der Waals surface area contributed by atoms with E-state index >= 15 is 0 Å². The molecule has 0 saturated carbocycles. The fourth-order valence-corrected chi connectivity index (χ4v) is 2.74. The van der Waals surface area contributed by atoms with E-state index < -0.39 is 0 Å². The van der Waals surface area contributed by atoms with Crippen LogP contribution in [0.4, 0.5) is 0 Å². The molecule has 0 fully saturated rings. The number of hydrogen-bond acceptors (Lipinski definition) is 5. The molecule has 0 spiro atoms. The summed E-state index contributed by atoms with van der Waals surface area (Å²) in [4.78, 5) is 20.6. The first-order chi connectivity index (χ1) is 12.6. The van der Waals surface area contributed by atoms with Gasteiger partial charge >= 0.3 is 0 Å². The number of amides is 1. The van der Waals surface area contributed by atoms with E-state index in [4.69, 9.17) is 19.4 Å². The van der Waals surface area contributed by atoms with Crippen molar-refractivity contribution in [1.82, 2.24) is 15.3 Å². The van der Waals surface area contributed by atoms with Gasteiger partial charge in [0.05, 0.1) is 25.4 Å². The molecule has 1 heterocycles. The fourth-order valence-electron chi connectivity index (χ4n) is 2.74. The van der Waals surface area contributed by atoms with E-state index in [2.05, 4.69) is 5.32 Å². The molecule has 0 bridgehead atoms. The summed E-state index contributed by atoms with van der Waals surface area (Å²) in [5, 5.41) is 3.73. The van der Waals surface area contributed by atoms with Gasteiger partial charge in [0.2, 0.25) is 5.91 Å². The minimum Gasteiger partial charge on any atom is -0.497 e. The molecular formula is C20H21N3O3. The molecule has 26 heavy (non-hydrogen) atoms. The predicted octanol–water partition coefficient (Wildman–Crippen LogP) is 2.99. The number of ether oxygens (including phenoxy) is 2. The second-order valence-corrected chi connectivity index (χ2v) is 5.84. The maximum Gasteiger partial charge on any atom is 0.216 e. The molecule has 0 aliphatic rings. The topological polar surface area (TPSA) is 73.3 Å². The minimum atomic E-state index is -0.0611. The molecule has 0 aliphatic carbocycles. The molecule has 1 aromatic heterocycles. The van der Waals surface area contributed by atoms with E-state index in [9.17, 15) is 4.79 Å². The van der Waals surface area contributed by atoms with Crippen molar-refractivity contribution in [3.63, 3.8) is 0 Å². The minimum absolute atomic E-state index is 0.0611. The van der Waals surface area contributed by atoms with Crippen molar-refractivity contribution in [2.75, 3.05) is 20.8 Å². The molecule has 0 aliphatic heterocycles. The standard InChI is InChI=1S/C20H21N3O3/c1-13(24)21-10-9-19-17-12-16(26-3)7-8-18(17)22-20(23-19)14-5-4-6-15(11-14)25-2/h4-8,11-12H,9-10H2,1-3H3,(H,21,24). The van der Waals surface area contributed by atoms with Crippen LogP contribution in [0.3, 0.4) is 0 Å². The number of nitrogens with zero attached hydrogens (tertiary/aromatic N) is 2. The van der Waals surface area contributed by atoms with Crippen LogP contribution in [0.2, 0.25) is 0 Å². The van der Waals surface area contributed by atoms with Gasteiger partial charge in [-0.25, -0.2) is 9.97 Å². The van der Waals surface area contributed by atoms with Gasteiger partial charge in [0.1, 0.15) is 11.5 Å². The number of methoxy groups -OCH3 is 2. The largest absolute Gasteiger partial charge is 0.497 e. The Labute approximate surface area is 152 Å². The summed E-state index contributed by atoms with van der Waals surface area (Å²) < 4.78 is 10.6. The molecule has 0 saturated heterocycles. The van der Waals surface area contributed by atoms with Crippen LogP contribution in [0.1, 0.15) is 12.6 Å². The van der Waals surface area contributed by atoms with Gasteiger partial charge in [-0.1, -0.05) is 12.1 Å². The summed E-state index contributed by atoms with van der Waals surface area (Å²) in [5.41, 5.74) is 2.57. The highest BCUT2D eigenvalue weighted by molar-refractivity contribution is 5.84. The van der Waals surface area contributed by atoms with Gasteiger partial charge in [-0.2, -0.15) is 0 Å². The molecule has 6 heteroatoms. The third kappa shape index (κ3) is 3.91. The van der Waals surface area contributed by atoms with Crippen molar-refractivity contribution in [2.24, 2.45) is 0 Å². The van der Waals surface area contributed by atoms with Crippen LogP contribution >= 0.6 is 0 Å². The molecule has 6 nitrogen and oxygen atoms in total. The Hall–Kier alpha value is -3.15. The molecule has 3 rings (SSSR count). The Morgan fingerprint density at radius 1 is 1.04 bits per heavy atom. The number of aromatic nitrogens is 2. The van der Waals surface area contributed by atoms with Crippen molar-refractivity contribution in [3.8, 4) is 22.9 Å². The fraction of sp³-hybridized carbons (Fsp3) is 0.250. The van der Waals surface area contributed by atoms with Crippen LogP contribution in [-0.4, -0.2) is 36.6 Å². The lowest BCUT2D eigenvalue weighted by Crippen LogP contribution is -2.22. The van der Waals surface area contributed by atoms with E-state index in [1.165, 1.54) is 6.92 Å². The molecule has 134 valence electrons. The van der Waals surface area contributed by atoms with E-state index in [-0.39, 0.29) is 5.91 Å². The quantitative estimate of drug-likeness (QED) is 0.739. The molecule has 1 amide bonds. The molecule has 1 N–H and O–H groups in total. The predicted molar refractivity (Wildman–Crippen MR) is 100 cm³/mol. The van der Waals surface area contributed by atoms with Crippen LogP contribution < -0.4 is 14.8 Å². The van der Waals surface area contributed by atoms with Crippen molar-refractivity contribution in [3.05, 3.63) is 48.2 Å². The number of benzene rings is 2. The van der Waals surface area contributed by atoms with Crippen LogP contribution in [-0.2, 0) is 11.2 Å². The average Bonchev–Trinajstić information content (AvgIpc) is 2.67. The summed E-state index contributed by atoms with van der Waals surface area (Å²) in [5.74, 6) is 2.06. The lowest BCUT2D eigenvalue weighted by molar-refractivity contribution is -0.118. The summed E-state index contributed by atoms with van der Waals surface area (Å²) in [6, 6.07) is 13.4. The van der Waals surface area contributed by atoms with Crippen LogP contribution in [0.5, 0.6) is 11.5 Å². The first kappa shape index (κ1) is 17.7. The highest BCUT2D eigenvalue weighted by Crippen LogP contribution is 2.27. The monoisotopic (exact) mass is 351 g/mol. The Bertz CT molecular complexity index is 941. The zero-order chi connectivity index (χ0) is 18.5. The lowest BCUT2D eigenvalue weighted by atomic mass is 10.1. The number of rotatable bonds is 6. The second-order valence-electron chi connectivity index (χ2n) is 5.84. The van der Waals surface area contributed by atoms with Gasteiger partial charge in [0.15, 0.2) is 5.82 Å². The highest BCUT2D eigenvalue weighted by atomic mass is 16.5. The van der Waals surface area contributed by atoms with E-state index in [1.54, 1.807) is 14.2 Å². The Kier molecular flexibility index (Phi) is 5.31. The average molecular weight is 351 g/mol. The summed E-state index contributed by atoms with van der Waals surface area (Å²) >= 11 is 0. The van der Waals surface area contributed by atoms with Crippen molar-refractivity contribution >= 4 is 16.8 Å². The number of carbonyl (C=O) groups excluding carboxylic acids is 1. The van der Waals surface area contributed by atoms with E-state index in [0.29, 0.717) is 18.8 Å². The normalized spacial score (nSPS) is 10.6. The second kappa shape index (κ2) is 7.82. The van der Waals surface area contributed by atoms with E-state index in [0.717, 1.165) is 33.7 Å². The first-order valence-electron chi connectivity index (χ1n) is 8.34. The molecule has 0 unspecified atom stereocenters. The van der Waals surface area contributed by atoms with Gasteiger partial charge in [-0.3, -0.25) is 4.79 Å². The van der Waals surface area contributed by atoms with Gasteiger partial charge in [0.25, 0.3) is 0 Å². The van der Waals surface area contributed by atoms with Crippen molar-refractivity contribution < 1.29 is 14.3 Å². The molecular weight excluding hydrogens is 330 g/mol. The van der Waals surface area contributed by atoms with Crippen LogP contribution in [0.25, 0.3) is 22.3 Å². The number of hydrogen-bond donors (Lipinski definition) is 1. The van der Waals surface area contributed by atoms with Gasteiger partial charge in [0, 0.05) is 30.8 Å². The molecule has 2 aromatic carbocycles. The van der Waals surface area contributed by atoms with Gasteiger partial charge < -0.3 is 14.8 Å². The Morgan fingerprint density at radius 2 is 1.81 bits per heavy atom.